The number of aliphatic hydroxyl groups is 1. The van der Waals surface area contributed by atoms with Gasteiger partial charge in [0.05, 0.1) is 18.3 Å². The number of hydrogen-bond acceptors (Lipinski definition) is 4. The number of hydrogen-bond donors (Lipinski definition) is 1. The smallest absolute Gasteiger partial charge is 0.126 e. The Balaban J connectivity index is 1.61. The van der Waals surface area contributed by atoms with Crippen LogP contribution in [0, 0.1) is 0 Å². The summed E-state index contributed by atoms with van der Waals surface area (Å²) in [5, 5.41) is 10.0. The first-order chi connectivity index (χ1) is 8.24. The van der Waals surface area contributed by atoms with Gasteiger partial charge in [-0.15, -0.1) is 0 Å². The summed E-state index contributed by atoms with van der Waals surface area (Å²) in [5.74, 6) is 0. The Labute approximate surface area is 101 Å². The molecule has 2 bridgehead atoms. The maximum atomic E-state index is 10.0. The van der Waals surface area contributed by atoms with Gasteiger partial charge >= 0.3 is 0 Å². The molecule has 0 aromatic rings. The highest BCUT2D eigenvalue weighted by Gasteiger charge is 2.72. The average molecular weight is 240 g/mol. The summed E-state index contributed by atoms with van der Waals surface area (Å²) in [6.07, 6.45) is 5.30. The first kappa shape index (κ1) is 10.7. The summed E-state index contributed by atoms with van der Waals surface area (Å²) < 4.78 is 18.0. The van der Waals surface area contributed by atoms with E-state index in [0.29, 0.717) is 6.10 Å². The third-order valence-electron chi connectivity index (χ3n) is 4.88. The van der Waals surface area contributed by atoms with Gasteiger partial charge in [0, 0.05) is 6.42 Å². The molecule has 7 atom stereocenters. The third kappa shape index (κ3) is 1.33. The van der Waals surface area contributed by atoms with Crippen LogP contribution in [0.5, 0.6) is 0 Å². The van der Waals surface area contributed by atoms with Crippen LogP contribution in [0.25, 0.3) is 0 Å². The van der Waals surface area contributed by atoms with Gasteiger partial charge in [-0.2, -0.15) is 0 Å². The maximum absolute atomic E-state index is 10.0. The van der Waals surface area contributed by atoms with Crippen molar-refractivity contribution in [1.29, 1.82) is 0 Å². The average Bonchev–Trinajstić information content (AvgIpc) is 3.04. The summed E-state index contributed by atoms with van der Waals surface area (Å²) in [6.45, 7) is 2.20. The Morgan fingerprint density at radius 1 is 1.29 bits per heavy atom. The quantitative estimate of drug-likeness (QED) is 0.732. The van der Waals surface area contributed by atoms with Crippen molar-refractivity contribution < 1.29 is 19.3 Å². The minimum atomic E-state index is -0.440. The lowest BCUT2D eigenvalue weighted by Crippen LogP contribution is -2.55. The topological polar surface area (TPSA) is 51.2 Å². The van der Waals surface area contributed by atoms with E-state index in [-0.39, 0.29) is 30.0 Å². The molecule has 1 aliphatic carbocycles. The van der Waals surface area contributed by atoms with Crippen LogP contribution in [-0.2, 0) is 14.2 Å². The Bertz CT molecular complexity index is 333. The molecule has 17 heavy (non-hydrogen) atoms. The van der Waals surface area contributed by atoms with Gasteiger partial charge in [0.15, 0.2) is 0 Å². The van der Waals surface area contributed by atoms with Gasteiger partial charge < -0.3 is 19.3 Å². The van der Waals surface area contributed by atoms with Gasteiger partial charge in [-0.3, -0.25) is 0 Å². The maximum Gasteiger partial charge on any atom is 0.126 e. The highest BCUT2D eigenvalue weighted by Crippen LogP contribution is 2.56. The lowest BCUT2D eigenvalue weighted by Gasteiger charge is -2.42. The molecule has 3 aliphatic heterocycles. The van der Waals surface area contributed by atoms with E-state index < -0.39 is 6.10 Å². The van der Waals surface area contributed by atoms with Crippen molar-refractivity contribution in [3.05, 3.63) is 0 Å². The molecule has 0 radical (unpaired) electrons. The molecule has 0 amide bonds. The second kappa shape index (κ2) is 3.44. The predicted octanol–water partition coefficient (Wildman–Crippen LogP) is 1.00. The van der Waals surface area contributed by atoms with Crippen molar-refractivity contribution >= 4 is 0 Å². The molecule has 4 fully saturated rings. The van der Waals surface area contributed by atoms with Crippen LogP contribution in [-0.4, -0.2) is 47.3 Å². The van der Waals surface area contributed by atoms with E-state index in [9.17, 15) is 5.11 Å². The van der Waals surface area contributed by atoms with Crippen LogP contribution in [0.15, 0.2) is 0 Å². The number of fused-ring (bicyclic) bond motifs is 2. The molecule has 1 spiro atoms. The highest BCUT2D eigenvalue weighted by molar-refractivity contribution is 5.20. The fourth-order valence-corrected chi connectivity index (χ4v) is 4.04. The summed E-state index contributed by atoms with van der Waals surface area (Å²) in [5.41, 5.74) is -0.230. The molecular weight excluding hydrogens is 220 g/mol. The van der Waals surface area contributed by atoms with Gasteiger partial charge in [-0.1, -0.05) is 13.3 Å². The zero-order chi connectivity index (χ0) is 11.6. The molecule has 0 aromatic carbocycles. The third-order valence-corrected chi connectivity index (χ3v) is 4.88. The summed E-state index contributed by atoms with van der Waals surface area (Å²) in [4.78, 5) is 0. The van der Waals surface area contributed by atoms with Crippen molar-refractivity contribution in [3.63, 3.8) is 0 Å². The predicted molar refractivity (Wildman–Crippen MR) is 59.7 cm³/mol. The van der Waals surface area contributed by atoms with E-state index in [1.165, 1.54) is 0 Å². The van der Waals surface area contributed by atoms with Crippen molar-refractivity contribution in [2.45, 2.75) is 81.3 Å². The Morgan fingerprint density at radius 3 is 3.00 bits per heavy atom. The van der Waals surface area contributed by atoms with E-state index in [2.05, 4.69) is 6.92 Å². The van der Waals surface area contributed by atoms with E-state index in [1.54, 1.807) is 0 Å². The normalized spacial score (nSPS) is 59.6. The van der Waals surface area contributed by atoms with Crippen molar-refractivity contribution in [3.8, 4) is 0 Å². The Hall–Kier alpha value is -0.160. The van der Waals surface area contributed by atoms with Crippen LogP contribution in [0.2, 0.25) is 0 Å². The fourth-order valence-electron chi connectivity index (χ4n) is 4.04. The first-order valence-corrected chi connectivity index (χ1v) is 6.91. The van der Waals surface area contributed by atoms with Crippen molar-refractivity contribution in [2.24, 2.45) is 0 Å². The van der Waals surface area contributed by atoms with Gasteiger partial charge in [0.2, 0.25) is 0 Å². The lowest BCUT2D eigenvalue weighted by molar-refractivity contribution is -0.176. The standard InChI is InChI=1S/C13H20O4/c1-2-3-7-4-5-9-13(17-7)6-8(15-9)10(14)11-12(13)16-11/h7-12,14H,2-6H2,1H3/t7?,8-,9+,10+,11?,12+,13+/m1/s1. The molecule has 1 N–H and O–H groups in total. The molecule has 3 saturated heterocycles. The van der Waals surface area contributed by atoms with Crippen LogP contribution in [0.1, 0.15) is 39.0 Å². The van der Waals surface area contributed by atoms with Gasteiger partial charge in [0.25, 0.3) is 0 Å². The summed E-state index contributed by atoms with van der Waals surface area (Å²) in [7, 11) is 0. The number of epoxide rings is 1. The molecule has 4 heteroatoms. The first-order valence-electron chi connectivity index (χ1n) is 6.91. The SMILES string of the molecule is CCCC1CC[C@@H]2O[C@@H]3C[C@@]2(O1)[C@H]1OC1[C@H]3O. The van der Waals surface area contributed by atoms with Gasteiger partial charge in [-0.25, -0.2) is 0 Å². The fraction of sp³-hybridized carbons (Fsp3) is 1.00. The number of aliphatic hydroxyl groups excluding tert-OH is 1. The van der Waals surface area contributed by atoms with E-state index in [1.807, 2.05) is 0 Å². The molecule has 1 saturated carbocycles. The van der Waals surface area contributed by atoms with E-state index in [0.717, 1.165) is 32.1 Å². The van der Waals surface area contributed by atoms with Crippen LogP contribution in [0.4, 0.5) is 0 Å². The van der Waals surface area contributed by atoms with Gasteiger partial charge in [0.1, 0.15) is 23.9 Å². The van der Waals surface area contributed by atoms with Crippen LogP contribution in [0.3, 0.4) is 0 Å². The van der Waals surface area contributed by atoms with E-state index >= 15 is 0 Å². The zero-order valence-electron chi connectivity index (χ0n) is 10.2. The lowest BCUT2D eigenvalue weighted by atomic mass is 9.77. The molecule has 4 aliphatic rings. The molecule has 2 unspecified atom stereocenters. The minimum Gasteiger partial charge on any atom is -0.388 e. The molecule has 0 aromatic heterocycles. The van der Waals surface area contributed by atoms with Gasteiger partial charge in [-0.05, 0) is 19.3 Å². The monoisotopic (exact) mass is 240 g/mol. The number of ether oxygens (including phenoxy) is 3. The van der Waals surface area contributed by atoms with E-state index in [4.69, 9.17) is 14.2 Å². The van der Waals surface area contributed by atoms with Crippen LogP contribution < -0.4 is 0 Å². The van der Waals surface area contributed by atoms with Crippen molar-refractivity contribution in [1.82, 2.24) is 0 Å². The molecule has 4 rings (SSSR count). The van der Waals surface area contributed by atoms with Crippen molar-refractivity contribution in [2.75, 3.05) is 0 Å². The summed E-state index contributed by atoms with van der Waals surface area (Å²) >= 11 is 0. The molecule has 3 heterocycles. The minimum absolute atomic E-state index is 0.0286. The summed E-state index contributed by atoms with van der Waals surface area (Å²) in [6, 6.07) is 0. The van der Waals surface area contributed by atoms with Crippen LogP contribution >= 0.6 is 0 Å². The number of rotatable bonds is 2. The largest absolute Gasteiger partial charge is 0.388 e. The Morgan fingerprint density at radius 2 is 2.18 bits per heavy atom. The molecule has 4 nitrogen and oxygen atoms in total. The Kier molecular flexibility index (Phi) is 2.17. The zero-order valence-corrected chi connectivity index (χ0v) is 10.2. The highest BCUT2D eigenvalue weighted by atomic mass is 16.7. The second-order valence-electron chi connectivity index (χ2n) is 5.94. The second-order valence-corrected chi connectivity index (χ2v) is 5.94. The molecular formula is C13H20O4. The molecule has 96 valence electrons.